The fourth-order valence-electron chi connectivity index (χ4n) is 6.39. The largest absolute Gasteiger partial charge is 0.299 e. The van der Waals surface area contributed by atoms with Crippen molar-refractivity contribution in [3.05, 3.63) is 63.1 Å². The number of anilines is 1. The molecular weight excluding hydrogens is 539 g/mol. The minimum absolute atomic E-state index is 0.0306. The molecule has 9 heteroatoms. The molecule has 2 saturated carbocycles. The maximum atomic E-state index is 13.3. The summed E-state index contributed by atoms with van der Waals surface area (Å²) in [5, 5.41) is 8.28. The Kier molecular flexibility index (Phi) is 6.72. The summed E-state index contributed by atoms with van der Waals surface area (Å²) >= 11 is 18.7. The van der Waals surface area contributed by atoms with Gasteiger partial charge in [-0.25, -0.2) is 8.42 Å². The first-order valence-corrected chi connectivity index (χ1v) is 15.2. The molecule has 3 unspecified atom stereocenters. The number of benzene rings is 2. The molecule has 2 aromatic carbocycles. The number of Topliss-reactive ketones (excluding diaryl/α,β-unsaturated/α-hetero) is 1. The van der Waals surface area contributed by atoms with E-state index in [1.165, 1.54) is 0 Å². The predicted octanol–water partition coefficient (Wildman–Crippen LogP) is 7.15. The van der Waals surface area contributed by atoms with E-state index in [1.807, 2.05) is 35.3 Å². The first kappa shape index (κ1) is 26.0. The van der Waals surface area contributed by atoms with E-state index in [9.17, 15) is 13.2 Å². The molecule has 192 valence electrons. The lowest BCUT2D eigenvalue weighted by Gasteiger charge is -2.36. The molecule has 0 spiro atoms. The van der Waals surface area contributed by atoms with E-state index in [0.29, 0.717) is 46.4 Å². The molecule has 0 aromatic heterocycles. The summed E-state index contributed by atoms with van der Waals surface area (Å²) < 4.78 is 26.6. The molecule has 2 aliphatic carbocycles. The molecular formula is C27H29Cl3N2O3S. The van der Waals surface area contributed by atoms with Crippen molar-refractivity contribution >= 4 is 61.8 Å². The Hall–Kier alpha value is -1.60. The quantitative estimate of drug-likeness (QED) is 0.356. The SMILES string of the molecule is CC1(C)C2CCC1(CS(=O)(=O)CCC1=NN(c3ccc(Cl)cc3Cl)C(c3ccc(Cl)cc3)C1)C(=O)C2. The number of carbonyl (C=O) groups is 1. The van der Waals surface area contributed by atoms with Crippen LogP contribution in [-0.2, 0) is 14.6 Å². The maximum absolute atomic E-state index is 13.3. The van der Waals surface area contributed by atoms with Gasteiger partial charge in [0.05, 0.1) is 28.3 Å². The van der Waals surface area contributed by atoms with Crippen LogP contribution >= 0.6 is 34.8 Å². The molecule has 0 radical (unpaired) electrons. The number of sulfone groups is 1. The number of nitrogens with zero attached hydrogens (tertiary/aromatic N) is 2. The van der Waals surface area contributed by atoms with Gasteiger partial charge in [-0.1, -0.05) is 60.8 Å². The Balaban J connectivity index is 1.37. The van der Waals surface area contributed by atoms with Gasteiger partial charge in [-0.05, 0) is 60.1 Å². The lowest BCUT2D eigenvalue weighted by molar-refractivity contribution is -0.128. The lowest BCUT2D eigenvalue weighted by atomic mass is 9.70. The molecule has 5 rings (SSSR count). The third kappa shape index (κ3) is 4.48. The molecule has 2 fully saturated rings. The number of rotatable bonds is 7. The highest BCUT2D eigenvalue weighted by Gasteiger charge is 2.65. The molecule has 0 N–H and O–H groups in total. The van der Waals surface area contributed by atoms with Crippen molar-refractivity contribution in [3.8, 4) is 0 Å². The van der Waals surface area contributed by atoms with E-state index in [2.05, 4.69) is 13.8 Å². The molecule has 0 amide bonds. The zero-order valence-electron chi connectivity index (χ0n) is 20.3. The fraction of sp³-hybridized carbons (Fsp3) is 0.481. The van der Waals surface area contributed by atoms with Crippen LogP contribution in [0.2, 0.25) is 15.1 Å². The molecule has 1 heterocycles. The van der Waals surface area contributed by atoms with Crippen LogP contribution in [0.5, 0.6) is 0 Å². The van der Waals surface area contributed by atoms with Crippen LogP contribution in [0, 0.1) is 16.7 Å². The van der Waals surface area contributed by atoms with E-state index < -0.39 is 15.3 Å². The normalized spacial score (nSPS) is 27.1. The minimum Gasteiger partial charge on any atom is -0.299 e. The average Bonchev–Trinajstić information content (AvgIpc) is 3.38. The molecule has 1 aliphatic heterocycles. The first-order valence-electron chi connectivity index (χ1n) is 12.2. The Bertz CT molecular complexity index is 1340. The molecule has 36 heavy (non-hydrogen) atoms. The number of ketones is 1. The summed E-state index contributed by atoms with van der Waals surface area (Å²) in [6.07, 6.45) is 2.98. The Morgan fingerprint density at radius 3 is 2.33 bits per heavy atom. The Morgan fingerprint density at radius 1 is 1.03 bits per heavy atom. The Morgan fingerprint density at radius 2 is 1.72 bits per heavy atom. The van der Waals surface area contributed by atoms with Crippen LogP contribution < -0.4 is 5.01 Å². The summed E-state index contributed by atoms with van der Waals surface area (Å²) in [6.45, 7) is 4.13. The van der Waals surface area contributed by atoms with Crippen molar-refractivity contribution in [1.82, 2.24) is 0 Å². The van der Waals surface area contributed by atoms with E-state index >= 15 is 0 Å². The van der Waals surface area contributed by atoms with Crippen LogP contribution in [0.3, 0.4) is 0 Å². The zero-order valence-corrected chi connectivity index (χ0v) is 23.4. The van der Waals surface area contributed by atoms with Gasteiger partial charge in [0.1, 0.15) is 5.78 Å². The summed E-state index contributed by atoms with van der Waals surface area (Å²) in [6, 6.07) is 12.7. The second-order valence-corrected chi connectivity index (χ2v) is 14.4. The number of fused-ring (bicyclic) bond motifs is 2. The van der Waals surface area contributed by atoms with Gasteiger partial charge >= 0.3 is 0 Å². The highest BCUT2D eigenvalue weighted by molar-refractivity contribution is 7.91. The van der Waals surface area contributed by atoms with Crippen molar-refractivity contribution in [2.75, 3.05) is 16.5 Å². The van der Waals surface area contributed by atoms with Gasteiger partial charge in [0, 0.05) is 40.4 Å². The van der Waals surface area contributed by atoms with Gasteiger partial charge in [-0.2, -0.15) is 5.10 Å². The summed E-state index contributed by atoms with van der Waals surface area (Å²) in [7, 11) is -3.47. The fourth-order valence-corrected chi connectivity index (χ4v) is 9.13. The van der Waals surface area contributed by atoms with Gasteiger partial charge in [0.2, 0.25) is 0 Å². The lowest BCUT2D eigenvalue weighted by Crippen LogP contribution is -2.42. The van der Waals surface area contributed by atoms with Gasteiger partial charge in [-0.15, -0.1) is 0 Å². The predicted molar refractivity (Wildman–Crippen MR) is 147 cm³/mol. The summed E-state index contributed by atoms with van der Waals surface area (Å²) in [5.74, 6) is 0.314. The van der Waals surface area contributed by atoms with Gasteiger partial charge in [0.25, 0.3) is 0 Å². The van der Waals surface area contributed by atoms with Crippen LogP contribution in [-0.4, -0.2) is 31.4 Å². The summed E-state index contributed by atoms with van der Waals surface area (Å²) in [5.41, 5.74) is 1.46. The zero-order chi connectivity index (χ0) is 25.9. The monoisotopic (exact) mass is 566 g/mol. The number of hydrogen-bond acceptors (Lipinski definition) is 5. The van der Waals surface area contributed by atoms with Crippen molar-refractivity contribution in [2.24, 2.45) is 21.8 Å². The number of carbonyl (C=O) groups excluding carboxylic acids is 1. The van der Waals surface area contributed by atoms with Crippen molar-refractivity contribution in [3.63, 3.8) is 0 Å². The molecule has 2 bridgehead atoms. The number of halogens is 3. The van der Waals surface area contributed by atoms with Crippen LogP contribution in [0.1, 0.15) is 57.6 Å². The number of hydrazone groups is 1. The van der Waals surface area contributed by atoms with Crippen LogP contribution in [0.4, 0.5) is 5.69 Å². The second-order valence-electron chi connectivity index (χ2n) is 10.9. The molecule has 3 aliphatic rings. The minimum atomic E-state index is -3.47. The van der Waals surface area contributed by atoms with E-state index in [4.69, 9.17) is 39.9 Å². The first-order chi connectivity index (χ1) is 16.9. The highest BCUT2D eigenvalue weighted by Crippen LogP contribution is 2.64. The standard InChI is InChI=1S/C27H29Cl3N2O3S/c1-26(2)18-9-11-27(26,25(33)13-18)16-36(34,35)12-10-21-15-24(17-3-5-19(28)6-4-17)32(31-21)23-8-7-20(29)14-22(23)30/h3-8,14,18,24H,9-13,15-16H2,1-2H3. The smallest absolute Gasteiger partial charge is 0.151 e. The molecule has 3 atom stereocenters. The van der Waals surface area contributed by atoms with Crippen LogP contribution in [0.15, 0.2) is 47.6 Å². The summed E-state index contributed by atoms with van der Waals surface area (Å²) in [4.78, 5) is 12.9. The average molecular weight is 568 g/mol. The maximum Gasteiger partial charge on any atom is 0.151 e. The van der Waals surface area contributed by atoms with Gasteiger partial charge in [0.15, 0.2) is 9.84 Å². The van der Waals surface area contributed by atoms with E-state index in [1.54, 1.807) is 12.1 Å². The van der Waals surface area contributed by atoms with E-state index in [-0.39, 0.29) is 34.7 Å². The second kappa shape index (κ2) is 9.30. The third-order valence-corrected chi connectivity index (χ3v) is 11.2. The third-order valence-electron chi connectivity index (χ3n) is 8.69. The van der Waals surface area contributed by atoms with Crippen molar-refractivity contribution in [2.45, 2.75) is 52.0 Å². The topological polar surface area (TPSA) is 66.8 Å². The van der Waals surface area contributed by atoms with Crippen molar-refractivity contribution < 1.29 is 13.2 Å². The van der Waals surface area contributed by atoms with Gasteiger partial charge in [-0.3, -0.25) is 9.80 Å². The molecule has 5 nitrogen and oxygen atoms in total. The van der Waals surface area contributed by atoms with E-state index in [0.717, 1.165) is 17.7 Å². The van der Waals surface area contributed by atoms with Gasteiger partial charge < -0.3 is 0 Å². The Labute approximate surface area is 227 Å². The number of hydrogen-bond donors (Lipinski definition) is 0. The van der Waals surface area contributed by atoms with Crippen molar-refractivity contribution in [1.29, 1.82) is 0 Å². The molecule has 0 saturated heterocycles. The highest BCUT2D eigenvalue weighted by atomic mass is 35.5. The molecule has 2 aromatic rings. The van der Waals surface area contributed by atoms with Crippen LogP contribution in [0.25, 0.3) is 0 Å².